The van der Waals surface area contributed by atoms with E-state index in [1.54, 1.807) is 4.57 Å². The third-order valence-electron chi connectivity index (χ3n) is 5.40. The Labute approximate surface area is 140 Å². The molecule has 1 aliphatic carbocycles. The first kappa shape index (κ1) is 16.7. The van der Waals surface area contributed by atoms with Gasteiger partial charge in [-0.3, -0.25) is 9.59 Å². The number of hydrogen-bond acceptors (Lipinski definition) is 5. The molecule has 5 nitrogen and oxygen atoms in total. The number of fused-ring (bicyclic) bond motifs is 1. The smallest absolute Gasteiger partial charge is 0.307 e. The molecule has 0 radical (unpaired) electrons. The summed E-state index contributed by atoms with van der Waals surface area (Å²) in [5, 5.41) is 0. The van der Waals surface area contributed by atoms with Crippen LogP contribution in [0.25, 0.3) is 0 Å². The van der Waals surface area contributed by atoms with Crippen LogP contribution < -0.4 is 4.87 Å². The Kier molecular flexibility index (Phi) is 4.40. The highest BCUT2D eigenvalue weighted by molar-refractivity contribution is 7.09. The van der Waals surface area contributed by atoms with Crippen LogP contribution in [-0.4, -0.2) is 29.4 Å². The zero-order valence-corrected chi connectivity index (χ0v) is 15.1. The molecule has 0 aromatic carbocycles. The fraction of sp³-hybridized carbons (Fsp3) is 0.765. The van der Waals surface area contributed by atoms with Gasteiger partial charge in [-0.25, -0.2) is 0 Å². The maximum atomic E-state index is 12.2. The van der Waals surface area contributed by atoms with Gasteiger partial charge in [-0.05, 0) is 26.7 Å². The number of nitrogens with zero attached hydrogens (tertiary/aromatic N) is 1. The van der Waals surface area contributed by atoms with Crippen molar-refractivity contribution < 1.29 is 14.3 Å². The van der Waals surface area contributed by atoms with E-state index in [0.717, 1.165) is 30.0 Å². The fourth-order valence-electron chi connectivity index (χ4n) is 3.96. The molecule has 1 aliphatic heterocycles. The summed E-state index contributed by atoms with van der Waals surface area (Å²) in [4.78, 5) is 25.1. The molecule has 0 spiro atoms. The highest BCUT2D eigenvalue weighted by atomic mass is 32.1. The first-order valence-electron chi connectivity index (χ1n) is 8.30. The Hall–Kier alpha value is -1.14. The maximum absolute atomic E-state index is 12.2. The molecule has 3 atom stereocenters. The van der Waals surface area contributed by atoms with Gasteiger partial charge in [-0.2, -0.15) is 0 Å². The van der Waals surface area contributed by atoms with Crippen LogP contribution in [0, 0.1) is 25.2 Å². The zero-order chi connectivity index (χ0) is 16.8. The average molecular weight is 339 g/mol. The number of hydrogen-bond donors (Lipinski definition) is 0. The number of rotatable bonds is 4. The van der Waals surface area contributed by atoms with Crippen LogP contribution in [0.5, 0.6) is 0 Å². The molecule has 0 bridgehead atoms. The van der Waals surface area contributed by atoms with Crippen molar-refractivity contribution in [2.75, 3.05) is 6.61 Å². The van der Waals surface area contributed by atoms with Crippen molar-refractivity contribution in [3.63, 3.8) is 0 Å². The summed E-state index contributed by atoms with van der Waals surface area (Å²) in [6, 6.07) is 0. The van der Waals surface area contributed by atoms with Gasteiger partial charge in [0, 0.05) is 35.1 Å². The SMILES string of the molecule is Cc1sc(=O)n(CCC(=O)O[C@@H]2[C@@H]3CCCO[C@H]3C2(C)C)c1C. The van der Waals surface area contributed by atoms with Crippen molar-refractivity contribution >= 4 is 17.3 Å². The Bertz CT molecular complexity index is 660. The van der Waals surface area contributed by atoms with E-state index in [-0.39, 0.29) is 34.9 Å². The molecule has 1 aromatic heterocycles. The lowest BCUT2D eigenvalue weighted by Crippen LogP contribution is -2.65. The van der Waals surface area contributed by atoms with Crippen LogP contribution in [0.15, 0.2) is 4.79 Å². The second-order valence-electron chi connectivity index (χ2n) is 7.24. The van der Waals surface area contributed by atoms with Crippen molar-refractivity contribution in [1.29, 1.82) is 0 Å². The standard InChI is InChI=1S/C17H25NO4S/c1-10-11(2)23-16(20)18(10)8-7-13(19)22-15-12-6-5-9-21-14(12)17(15,3)4/h12,14-15H,5-9H2,1-4H3/t12-,14-,15-/m1/s1. The van der Waals surface area contributed by atoms with E-state index in [0.29, 0.717) is 12.5 Å². The summed E-state index contributed by atoms with van der Waals surface area (Å²) in [6.07, 6.45) is 2.48. The molecule has 0 amide bonds. The first-order valence-corrected chi connectivity index (χ1v) is 9.12. The molecular weight excluding hydrogens is 314 g/mol. The summed E-state index contributed by atoms with van der Waals surface area (Å²) in [5.41, 5.74) is 0.824. The average Bonchev–Trinajstić information content (AvgIpc) is 2.76. The first-order chi connectivity index (χ1) is 10.8. The van der Waals surface area contributed by atoms with E-state index in [1.807, 2.05) is 13.8 Å². The maximum Gasteiger partial charge on any atom is 0.307 e. The van der Waals surface area contributed by atoms with E-state index in [4.69, 9.17) is 9.47 Å². The van der Waals surface area contributed by atoms with Crippen molar-refractivity contribution in [3.8, 4) is 0 Å². The van der Waals surface area contributed by atoms with Gasteiger partial charge in [-0.15, -0.1) is 0 Å². The summed E-state index contributed by atoms with van der Waals surface area (Å²) in [6.45, 7) is 9.26. The predicted octanol–water partition coefficient (Wildman–Crippen LogP) is 2.66. The molecule has 0 N–H and O–H groups in total. The van der Waals surface area contributed by atoms with Crippen LogP contribution in [0.3, 0.4) is 0 Å². The van der Waals surface area contributed by atoms with Crippen LogP contribution >= 0.6 is 11.3 Å². The molecule has 3 rings (SSSR count). The normalized spacial score (nSPS) is 28.8. The number of ether oxygens (including phenoxy) is 2. The van der Waals surface area contributed by atoms with Crippen LogP contribution in [0.1, 0.15) is 43.7 Å². The van der Waals surface area contributed by atoms with E-state index in [1.165, 1.54) is 11.3 Å². The Morgan fingerprint density at radius 1 is 1.43 bits per heavy atom. The zero-order valence-electron chi connectivity index (χ0n) is 14.3. The number of thiazole rings is 1. The molecule has 128 valence electrons. The molecule has 23 heavy (non-hydrogen) atoms. The minimum absolute atomic E-state index is 0.00230. The van der Waals surface area contributed by atoms with Gasteiger partial charge in [0.05, 0.1) is 12.5 Å². The third-order valence-corrected chi connectivity index (χ3v) is 6.39. The Balaban J connectivity index is 1.58. The number of carbonyl (C=O) groups excluding carboxylic acids is 1. The van der Waals surface area contributed by atoms with Crippen LogP contribution in [-0.2, 0) is 20.8 Å². The molecule has 2 fully saturated rings. The lowest BCUT2D eigenvalue weighted by atomic mass is 9.57. The topological polar surface area (TPSA) is 57.5 Å². The lowest BCUT2D eigenvalue weighted by Gasteiger charge is -2.58. The number of aromatic nitrogens is 1. The van der Waals surface area contributed by atoms with Gasteiger partial charge in [0.15, 0.2) is 0 Å². The molecule has 6 heteroatoms. The molecule has 1 saturated heterocycles. The largest absolute Gasteiger partial charge is 0.461 e. The van der Waals surface area contributed by atoms with Crippen LogP contribution in [0.2, 0.25) is 0 Å². The molecule has 0 unspecified atom stereocenters. The van der Waals surface area contributed by atoms with Crippen LogP contribution in [0.4, 0.5) is 0 Å². The van der Waals surface area contributed by atoms with Gasteiger partial charge in [0.25, 0.3) is 0 Å². The summed E-state index contributed by atoms with van der Waals surface area (Å²) >= 11 is 1.23. The molecule has 1 saturated carbocycles. The third kappa shape index (κ3) is 2.87. The second kappa shape index (κ2) is 6.06. The number of aryl methyl sites for hydroxylation is 1. The summed E-state index contributed by atoms with van der Waals surface area (Å²) in [5.74, 6) is 0.109. The van der Waals surface area contributed by atoms with Gasteiger partial charge in [-0.1, -0.05) is 25.2 Å². The summed E-state index contributed by atoms with van der Waals surface area (Å²) < 4.78 is 13.2. The van der Waals surface area contributed by atoms with Gasteiger partial charge < -0.3 is 14.0 Å². The van der Waals surface area contributed by atoms with Gasteiger partial charge >= 0.3 is 10.8 Å². The molecule has 2 heterocycles. The van der Waals surface area contributed by atoms with E-state index in [2.05, 4.69) is 13.8 Å². The second-order valence-corrected chi connectivity index (χ2v) is 8.41. The monoisotopic (exact) mass is 339 g/mol. The molecule has 1 aromatic rings. The number of esters is 1. The van der Waals surface area contributed by atoms with E-state index in [9.17, 15) is 9.59 Å². The highest BCUT2D eigenvalue weighted by Gasteiger charge is 2.60. The lowest BCUT2D eigenvalue weighted by molar-refractivity contribution is -0.254. The van der Waals surface area contributed by atoms with Gasteiger partial charge in [0.2, 0.25) is 0 Å². The van der Waals surface area contributed by atoms with Crippen molar-refractivity contribution in [2.24, 2.45) is 11.3 Å². The van der Waals surface area contributed by atoms with Crippen molar-refractivity contribution in [2.45, 2.75) is 65.7 Å². The minimum atomic E-state index is -0.220. The Morgan fingerprint density at radius 3 is 2.83 bits per heavy atom. The predicted molar refractivity (Wildman–Crippen MR) is 88.8 cm³/mol. The van der Waals surface area contributed by atoms with Crippen molar-refractivity contribution in [1.82, 2.24) is 4.57 Å². The van der Waals surface area contributed by atoms with Gasteiger partial charge in [0.1, 0.15) is 6.10 Å². The summed E-state index contributed by atoms with van der Waals surface area (Å²) in [7, 11) is 0. The number of carbonyl (C=O) groups is 1. The highest BCUT2D eigenvalue weighted by Crippen LogP contribution is 2.52. The Morgan fingerprint density at radius 2 is 2.17 bits per heavy atom. The fourth-order valence-corrected chi connectivity index (χ4v) is 4.82. The minimum Gasteiger partial charge on any atom is -0.461 e. The molecular formula is C17H25NO4S. The van der Waals surface area contributed by atoms with E-state index < -0.39 is 0 Å². The quantitative estimate of drug-likeness (QED) is 0.792. The van der Waals surface area contributed by atoms with E-state index >= 15 is 0 Å². The molecule has 2 aliphatic rings. The van der Waals surface area contributed by atoms with Crippen molar-refractivity contribution in [3.05, 3.63) is 20.2 Å².